The van der Waals surface area contributed by atoms with Crippen molar-refractivity contribution in [2.45, 2.75) is 26.4 Å². The summed E-state index contributed by atoms with van der Waals surface area (Å²) < 4.78 is 5.37. The van der Waals surface area contributed by atoms with Gasteiger partial charge in [-0.2, -0.15) is 0 Å². The quantitative estimate of drug-likeness (QED) is 0.690. The molecule has 0 atom stereocenters. The lowest BCUT2D eigenvalue weighted by Crippen LogP contribution is -2.23. The topological polar surface area (TPSA) is 39.2 Å². The first-order chi connectivity index (χ1) is 6.49. The van der Waals surface area contributed by atoms with Crippen LogP contribution in [-0.4, -0.2) is 23.0 Å². The predicted octanol–water partition coefficient (Wildman–Crippen LogP) is 2.08. The molecule has 1 heterocycles. The minimum atomic E-state index is -0.280. The van der Waals surface area contributed by atoms with Gasteiger partial charge in [0.25, 0.3) is 0 Å². The first-order valence-corrected chi connectivity index (χ1v) is 4.56. The monoisotopic (exact) mass is 193 g/mol. The van der Waals surface area contributed by atoms with Crippen LogP contribution in [0.25, 0.3) is 0 Å². The summed E-state index contributed by atoms with van der Waals surface area (Å²) in [7, 11) is 0. The summed E-state index contributed by atoms with van der Waals surface area (Å²) in [5.74, 6) is -0.0342. The van der Waals surface area contributed by atoms with Gasteiger partial charge in [0.1, 0.15) is 6.61 Å². The molecule has 0 N–H and O–H groups in total. The van der Waals surface area contributed by atoms with Crippen molar-refractivity contribution in [3.05, 3.63) is 30.1 Å². The number of hydrogen-bond acceptors (Lipinski definition) is 3. The van der Waals surface area contributed by atoms with Crippen molar-refractivity contribution in [2.75, 3.05) is 6.61 Å². The van der Waals surface area contributed by atoms with Gasteiger partial charge < -0.3 is 4.74 Å². The van der Waals surface area contributed by atoms with E-state index in [1.165, 1.54) is 0 Å². The molecule has 0 spiro atoms. The van der Waals surface area contributed by atoms with Crippen LogP contribution in [-0.2, 0) is 4.74 Å². The first kappa shape index (κ1) is 10.9. The molecule has 0 unspecified atom stereocenters. The van der Waals surface area contributed by atoms with E-state index in [9.17, 15) is 4.79 Å². The van der Waals surface area contributed by atoms with Crippen LogP contribution < -0.4 is 0 Å². The predicted molar refractivity (Wildman–Crippen MR) is 54.3 cm³/mol. The van der Waals surface area contributed by atoms with E-state index in [1.54, 1.807) is 24.5 Å². The van der Waals surface area contributed by atoms with Crippen molar-refractivity contribution in [2.24, 2.45) is 0 Å². The summed E-state index contributed by atoms with van der Waals surface area (Å²) in [5, 5.41) is 0. The van der Waals surface area contributed by atoms with E-state index in [0.29, 0.717) is 5.56 Å². The Morgan fingerprint density at radius 1 is 1.50 bits per heavy atom. The van der Waals surface area contributed by atoms with Gasteiger partial charge in [0.2, 0.25) is 0 Å². The van der Waals surface area contributed by atoms with Crippen LogP contribution in [0, 0.1) is 0 Å². The number of ether oxygens (including phenoxy) is 1. The molecular formula is C11H15NO2. The van der Waals surface area contributed by atoms with E-state index < -0.39 is 0 Å². The number of pyridine rings is 1. The van der Waals surface area contributed by atoms with Gasteiger partial charge in [0.05, 0.1) is 5.60 Å². The number of carbonyl (C=O) groups excluding carboxylic acids is 1. The molecule has 0 aromatic carbocycles. The zero-order valence-corrected chi connectivity index (χ0v) is 8.78. The molecule has 1 aromatic rings. The fraction of sp³-hybridized carbons (Fsp3) is 0.455. The Labute approximate surface area is 84.1 Å². The van der Waals surface area contributed by atoms with Gasteiger partial charge in [-0.15, -0.1) is 0 Å². The molecule has 76 valence electrons. The highest BCUT2D eigenvalue weighted by atomic mass is 16.5. The molecule has 0 amide bonds. The smallest absolute Gasteiger partial charge is 0.190 e. The molecule has 0 aliphatic heterocycles. The summed E-state index contributed by atoms with van der Waals surface area (Å²) >= 11 is 0. The Morgan fingerprint density at radius 3 is 2.71 bits per heavy atom. The lowest BCUT2D eigenvalue weighted by molar-refractivity contribution is 0.00305. The molecule has 1 aromatic heterocycles. The van der Waals surface area contributed by atoms with E-state index in [2.05, 4.69) is 4.98 Å². The second kappa shape index (κ2) is 4.33. The molecule has 1 rings (SSSR count). The van der Waals surface area contributed by atoms with E-state index in [-0.39, 0.29) is 18.0 Å². The molecule has 0 saturated carbocycles. The number of aromatic nitrogens is 1. The largest absolute Gasteiger partial charge is 0.368 e. The Bertz CT molecular complexity index is 301. The van der Waals surface area contributed by atoms with Gasteiger partial charge in [-0.05, 0) is 32.9 Å². The fourth-order valence-corrected chi connectivity index (χ4v) is 0.893. The normalized spacial score (nSPS) is 11.4. The number of rotatable bonds is 3. The maximum Gasteiger partial charge on any atom is 0.190 e. The average molecular weight is 193 g/mol. The Kier molecular flexibility index (Phi) is 3.36. The standard InChI is InChI=1S/C11H15NO2/c1-11(2,3)14-8-10(13)9-5-4-6-12-7-9/h4-7H,8H2,1-3H3. The number of Topliss-reactive ketones (excluding diaryl/α,β-unsaturated/α-hetero) is 1. The molecule has 14 heavy (non-hydrogen) atoms. The minimum Gasteiger partial charge on any atom is -0.368 e. The molecule has 0 saturated heterocycles. The lowest BCUT2D eigenvalue weighted by atomic mass is 10.1. The molecule has 0 aliphatic rings. The third-order valence-electron chi connectivity index (χ3n) is 1.62. The van der Waals surface area contributed by atoms with Crippen molar-refractivity contribution < 1.29 is 9.53 Å². The van der Waals surface area contributed by atoms with Gasteiger partial charge in [-0.3, -0.25) is 9.78 Å². The second-order valence-corrected chi connectivity index (χ2v) is 4.07. The Hall–Kier alpha value is -1.22. The van der Waals surface area contributed by atoms with Crippen LogP contribution in [0.4, 0.5) is 0 Å². The minimum absolute atomic E-state index is 0.0342. The van der Waals surface area contributed by atoms with Crippen molar-refractivity contribution in [3.63, 3.8) is 0 Å². The van der Waals surface area contributed by atoms with Gasteiger partial charge >= 0.3 is 0 Å². The van der Waals surface area contributed by atoms with Gasteiger partial charge in [-0.25, -0.2) is 0 Å². The highest BCUT2D eigenvalue weighted by molar-refractivity contribution is 5.96. The SMILES string of the molecule is CC(C)(C)OCC(=O)c1cccnc1. The van der Waals surface area contributed by atoms with Crippen molar-refractivity contribution >= 4 is 5.78 Å². The van der Waals surface area contributed by atoms with Crippen molar-refractivity contribution in [3.8, 4) is 0 Å². The van der Waals surface area contributed by atoms with Gasteiger partial charge in [0, 0.05) is 18.0 Å². The number of hydrogen-bond donors (Lipinski definition) is 0. The fourth-order valence-electron chi connectivity index (χ4n) is 0.893. The summed E-state index contributed by atoms with van der Waals surface area (Å²) in [6.45, 7) is 5.87. The van der Waals surface area contributed by atoms with Crippen molar-refractivity contribution in [1.29, 1.82) is 0 Å². The highest BCUT2D eigenvalue weighted by Crippen LogP contribution is 2.08. The van der Waals surface area contributed by atoms with Crippen molar-refractivity contribution in [1.82, 2.24) is 4.98 Å². The summed E-state index contributed by atoms with van der Waals surface area (Å²) in [6.07, 6.45) is 3.19. The molecule has 0 aliphatic carbocycles. The van der Waals surface area contributed by atoms with E-state index in [0.717, 1.165) is 0 Å². The zero-order valence-electron chi connectivity index (χ0n) is 8.78. The summed E-state index contributed by atoms with van der Waals surface area (Å²) in [6, 6.07) is 3.48. The Morgan fingerprint density at radius 2 is 2.21 bits per heavy atom. The molecule has 0 radical (unpaired) electrons. The maximum atomic E-state index is 11.5. The molecular weight excluding hydrogens is 178 g/mol. The number of nitrogens with zero attached hydrogens (tertiary/aromatic N) is 1. The first-order valence-electron chi connectivity index (χ1n) is 4.56. The van der Waals surface area contributed by atoms with Crippen LogP contribution in [0.5, 0.6) is 0 Å². The van der Waals surface area contributed by atoms with Crippen LogP contribution >= 0.6 is 0 Å². The van der Waals surface area contributed by atoms with E-state index in [4.69, 9.17) is 4.74 Å². The zero-order chi connectivity index (χ0) is 10.6. The number of carbonyl (C=O) groups is 1. The van der Waals surface area contributed by atoms with Crippen LogP contribution in [0.2, 0.25) is 0 Å². The lowest BCUT2D eigenvalue weighted by Gasteiger charge is -2.18. The van der Waals surface area contributed by atoms with E-state index >= 15 is 0 Å². The second-order valence-electron chi connectivity index (χ2n) is 4.07. The summed E-state index contributed by atoms with van der Waals surface area (Å²) in [4.78, 5) is 15.4. The maximum absolute atomic E-state index is 11.5. The Balaban J connectivity index is 2.52. The van der Waals surface area contributed by atoms with Crippen LogP contribution in [0.3, 0.4) is 0 Å². The molecule has 0 bridgehead atoms. The molecule has 3 nitrogen and oxygen atoms in total. The molecule has 3 heteroatoms. The highest BCUT2D eigenvalue weighted by Gasteiger charge is 2.13. The third kappa shape index (κ3) is 3.66. The van der Waals surface area contributed by atoms with E-state index in [1.807, 2.05) is 20.8 Å². The molecule has 0 fully saturated rings. The van der Waals surface area contributed by atoms with Crippen LogP contribution in [0.1, 0.15) is 31.1 Å². The average Bonchev–Trinajstić information content (AvgIpc) is 2.14. The van der Waals surface area contributed by atoms with Gasteiger partial charge in [-0.1, -0.05) is 0 Å². The van der Waals surface area contributed by atoms with Gasteiger partial charge in [0.15, 0.2) is 5.78 Å². The van der Waals surface area contributed by atoms with Crippen LogP contribution in [0.15, 0.2) is 24.5 Å². The third-order valence-corrected chi connectivity index (χ3v) is 1.62. The summed E-state index contributed by atoms with van der Waals surface area (Å²) in [5.41, 5.74) is 0.314. The number of ketones is 1.